The Labute approximate surface area is 190 Å². The lowest BCUT2D eigenvalue weighted by Gasteiger charge is -2.08. The maximum Gasteiger partial charge on any atom is 0.336 e. The third kappa shape index (κ3) is 5.58. The molecule has 0 bridgehead atoms. The number of hydrogen-bond donors (Lipinski definition) is 1. The van der Waals surface area contributed by atoms with E-state index in [9.17, 15) is 4.79 Å². The van der Waals surface area contributed by atoms with Gasteiger partial charge in [0.05, 0.1) is 25.7 Å². The van der Waals surface area contributed by atoms with Crippen molar-refractivity contribution in [2.75, 3.05) is 32.8 Å². The Hall–Kier alpha value is -4.11. The van der Waals surface area contributed by atoms with E-state index in [-0.39, 0.29) is 18.5 Å². The van der Waals surface area contributed by atoms with Crippen molar-refractivity contribution in [2.24, 2.45) is 0 Å². The minimum atomic E-state index is -0.248. The summed E-state index contributed by atoms with van der Waals surface area (Å²) in [7, 11) is 3.11. The van der Waals surface area contributed by atoms with Gasteiger partial charge in [-0.2, -0.15) is 4.98 Å². The van der Waals surface area contributed by atoms with Gasteiger partial charge < -0.3 is 23.9 Å². The van der Waals surface area contributed by atoms with Crippen LogP contribution in [-0.2, 0) is 16.0 Å². The number of aromatic nitrogens is 3. The second kappa shape index (κ2) is 10.5. The first-order chi connectivity index (χ1) is 16.2. The molecular formula is C24H24N4O5. The van der Waals surface area contributed by atoms with Crippen LogP contribution in [0.1, 0.15) is 5.56 Å². The number of hydrogen-bond acceptors (Lipinski definition) is 7. The molecule has 2 aromatic carbocycles. The molecule has 0 fully saturated rings. The summed E-state index contributed by atoms with van der Waals surface area (Å²) >= 11 is 0. The highest BCUT2D eigenvalue weighted by molar-refractivity contribution is 5.91. The molecule has 0 saturated carbocycles. The molecular weight excluding hydrogens is 424 g/mol. The molecule has 0 spiro atoms. The summed E-state index contributed by atoms with van der Waals surface area (Å²) < 4.78 is 23.0. The number of carbonyl (C=O) groups excluding carboxylic acids is 1. The van der Waals surface area contributed by atoms with E-state index in [1.165, 1.54) is 7.11 Å². The summed E-state index contributed by atoms with van der Waals surface area (Å²) in [4.78, 5) is 16.4. The smallest absolute Gasteiger partial charge is 0.336 e. The molecule has 2 heterocycles. The number of nitrogens with one attached hydrogen (secondary N) is 1. The molecule has 0 aliphatic carbocycles. The summed E-state index contributed by atoms with van der Waals surface area (Å²) in [6.07, 6.45) is 2.26. The van der Waals surface area contributed by atoms with Crippen LogP contribution in [0.15, 0.2) is 71.3 Å². The van der Waals surface area contributed by atoms with E-state index in [0.717, 1.165) is 11.3 Å². The van der Waals surface area contributed by atoms with Crippen LogP contribution in [0.25, 0.3) is 17.3 Å². The molecule has 0 saturated heterocycles. The fourth-order valence-electron chi connectivity index (χ4n) is 3.20. The molecule has 33 heavy (non-hydrogen) atoms. The largest absolute Gasteiger partial charge is 0.497 e. The van der Waals surface area contributed by atoms with Crippen LogP contribution in [0.3, 0.4) is 0 Å². The lowest BCUT2D eigenvalue weighted by molar-refractivity contribution is -0.119. The molecule has 170 valence electrons. The third-order valence-corrected chi connectivity index (χ3v) is 4.76. The SMILES string of the molecule is COCC(=O)Nc1cccc(-n2nc(OCCc3ccc(OC)cc3)nc2-c2ccco2)c1. The molecule has 0 aliphatic rings. The first-order valence-corrected chi connectivity index (χ1v) is 10.3. The number of benzene rings is 2. The molecule has 9 nitrogen and oxygen atoms in total. The molecule has 4 aromatic rings. The Kier molecular flexibility index (Phi) is 7.01. The minimum absolute atomic E-state index is 0.0304. The number of anilines is 1. The summed E-state index contributed by atoms with van der Waals surface area (Å²) in [6.45, 7) is 0.373. The number of rotatable bonds is 10. The predicted octanol–water partition coefficient (Wildman–Crippen LogP) is 3.74. The van der Waals surface area contributed by atoms with Crippen molar-refractivity contribution in [3.63, 3.8) is 0 Å². The zero-order chi connectivity index (χ0) is 23.0. The van der Waals surface area contributed by atoms with Gasteiger partial charge in [-0.25, -0.2) is 4.68 Å². The quantitative estimate of drug-likeness (QED) is 0.394. The standard InChI is InChI=1S/C24H24N4O5/c1-30-16-22(29)25-18-5-3-6-19(15-18)28-23(21-7-4-13-32-21)26-24(27-28)33-14-12-17-8-10-20(31-2)11-9-17/h3-11,13,15H,12,14,16H2,1-2H3,(H,25,29). The van der Waals surface area contributed by atoms with E-state index in [1.54, 1.807) is 42.3 Å². The summed E-state index contributed by atoms with van der Waals surface area (Å²) in [5.41, 5.74) is 2.41. The number of amides is 1. The topological polar surface area (TPSA) is 101 Å². The Balaban J connectivity index is 1.53. The third-order valence-electron chi connectivity index (χ3n) is 4.76. The van der Waals surface area contributed by atoms with Crippen LogP contribution in [0, 0.1) is 0 Å². The number of ether oxygens (including phenoxy) is 3. The average molecular weight is 448 g/mol. The predicted molar refractivity (Wildman–Crippen MR) is 122 cm³/mol. The monoisotopic (exact) mass is 448 g/mol. The highest BCUT2D eigenvalue weighted by atomic mass is 16.5. The average Bonchev–Trinajstić information content (AvgIpc) is 3.50. The molecule has 0 aliphatic heterocycles. The second-order valence-electron chi connectivity index (χ2n) is 7.09. The Morgan fingerprint density at radius 2 is 1.94 bits per heavy atom. The van der Waals surface area contributed by atoms with Gasteiger partial charge in [0.25, 0.3) is 0 Å². The van der Waals surface area contributed by atoms with E-state index >= 15 is 0 Å². The van der Waals surface area contributed by atoms with Gasteiger partial charge >= 0.3 is 6.01 Å². The number of nitrogens with zero attached hydrogens (tertiary/aromatic N) is 3. The van der Waals surface area contributed by atoms with E-state index in [0.29, 0.717) is 36.0 Å². The molecule has 9 heteroatoms. The lowest BCUT2D eigenvalue weighted by Crippen LogP contribution is -2.17. The van der Waals surface area contributed by atoms with Crippen LogP contribution in [-0.4, -0.2) is 48.1 Å². The van der Waals surface area contributed by atoms with Crippen molar-refractivity contribution in [2.45, 2.75) is 6.42 Å². The maximum absolute atomic E-state index is 11.9. The van der Waals surface area contributed by atoms with E-state index in [4.69, 9.17) is 18.6 Å². The second-order valence-corrected chi connectivity index (χ2v) is 7.09. The zero-order valence-electron chi connectivity index (χ0n) is 18.4. The maximum atomic E-state index is 11.9. The lowest BCUT2D eigenvalue weighted by atomic mass is 10.1. The van der Waals surface area contributed by atoms with E-state index in [2.05, 4.69) is 15.4 Å². The van der Waals surface area contributed by atoms with Crippen LogP contribution in [0.2, 0.25) is 0 Å². The van der Waals surface area contributed by atoms with E-state index in [1.807, 2.05) is 36.4 Å². The number of furan rings is 1. The molecule has 4 rings (SSSR count). The van der Waals surface area contributed by atoms with Gasteiger partial charge in [0, 0.05) is 19.2 Å². The first kappa shape index (κ1) is 22.1. The Morgan fingerprint density at radius 3 is 2.67 bits per heavy atom. The van der Waals surface area contributed by atoms with Crippen molar-refractivity contribution in [1.82, 2.24) is 14.8 Å². The molecule has 1 amide bonds. The van der Waals surface area contributed by atoms with Gasteiger partial charge in [-0.1, -0.05) is 18.2 Å². The van der Waals surface area contributed by atoms with Crippen molar-refractivity contribution in [1.29, 1.82) is 0 Å². The number of methoxy groups -OCH3 is 2. The minimum Gasteiger partial charge on any atom is -0.497 e. The van der Waals surface area contributed by atoms with E-state index < -0.39 is 0 Å². The Bertz CT molecular complexity index is 1190. The molecule has 1 N–H and O–H groups in total. The molecule has 0 unspecified atom stereocenters. The van der Waals surface area contributed by atoms with Crippen LogP contribution in [0.4, 0.5) is 5.69 Å². The first-order valence-electron chi connectivity index (χ1n) is 10.3. The summed E-state index contributed by atoms with van der Waals surface area (Å²) in [5.74, 6) is 1.59. The number of carbonyl (C=O) groups is 1. The summed E-state index contributed by atoms with van der Waals surface area (Å²) in [5, 5.41) is 7.30. The molecule has 2 aromatic heterocycles. The Morgan fingerprint density at radius 1 is 1.09 bits per heavy atom. The van der Waals surface area contributed by atoms with Crippen molar-refractivity contribution in [3.8, 4) is 29.0 Å². The van der Waals surface area contributed by atoms with Crippen LogP contribution in [0.5, 0.6) is 11.8 Å². The highest BCUT2D eigenvalue weighted by Crippen LogP contribution is 2.25. The van der Waals surface area contributed by atoms with Crippen molar-refractivity contribution >= 4 is 11.6 Å². The van der Waals surface area contributed by atoms with Gasteiger partial charge in [0.1, 0.15) is 12.4 Å². The fourth-order valence-corrected chi connectivity index (χ4v) is 3.20. The summed E-state index contributed by atoms with van der Waals surface area (Å²) in [6, 6.07) is 18.9. The fraction of sp³-hybridized carbons (Fsp3) is 0.208. The normalized spacial score (nSPS) is 10.7. The van der Waals surface area contributed by atoms with Crippen LogP contribution >= 0.6 is 0 Å². The molecule has 0 atom stereocenters. The van der Waals surface area contributed by atoms with Gasteiger partial charge in [-0.3, -0.25) is 4.79 Å². The van der Waals surface area contributed by atoms with Crippen LogP contribution < -0.4 is 14.8 Å². The van der Waals surface area contributed by atoms with Gasteiger partial charge in [0.2, 0.25) is 11.7 Å². The highest BCUT2D eigenvalue weighted by Gasteiger charge is 2.17. The molecule has 0 radical (unpaired) electrons. The zero-order valence-corrected chi connectivity index (χ0v) is 18.4. The van der Waals surface area contributed by atoms with Gasteiger partial charge in [0.15, 0.2) is 5.76 Å². The van der Waals surface area contributed by atoms with Gasteiger partial charge in [-0.15, -0.1) is 5.10 Å². The van der Waals surface area contributed by atoms with Crippen molar-refractivity contribution in [3.05, 3.63) is 72.5 Å². The van der Waals surface area contributed by atoms with Crippen molar-refractivity contribution < 1.29 is 23.4 Å². The van der Waals surface area contributed by atoms with Gasteiger partial charge in [-0.05, 0) is 48.0 Å².